The lowest BCUT2D eigenvalue weighted by Crippen LogP contribution is -2.02. The summed E-state index contributed by atoms with van der Waals surface area (Å²) in [5, 5.41) is 10.8. The molecule has 0 aliphatic heterocycles. The van der Waals surface area contributed by atoms with Gasteiger partial charge < -0.3 is 9.84 Å². The van der Waals surface area contributed by atoms with Crippen molar-refractivity contribution in [3.8, 4) is 11.5 Å². The van der Waals surface area contributed by atoms with Gasteiger partial charge in [0.15, 0.2) is 6.29 Å². The number of methoxy groups -OCH3 is 1. The fourth-order valence-electron chi connectivity index (χ4n) is 3.36. The zero-order valence-electron chi connectivity index (χ0n) is 18.0. The van der Waals surface area contributed by atoms with E-state index in [1.54, 1.807) is 7.11 Å². The Labute approximate surface area is 174 Å². The summed E-state index contributed by atoms with van der Waals surface area (Å²) in [7, 11) is 1.60. The monoisotopic (exact) mass is 392 g/mol. The number of benzene rings is 2. The number of ether oxygens (including phenoxy) is 1. The van der Waals surface area contributed by atoms with Gasteiger partial charge in [-0.25, -0.2) is 0 Å². The van der Waals surface area contributed by atoms with Crippen LogP contribution in [-0.4, -0.2) is 18.5 Å². The van der Waals surface area contributed by atoms with Crippen LogP contribution in [0.2, 0.25) is 0 Å². The summed E-state index contributed by atoms with van der Waals surface area (Å²) in [5.74, 6) is 0.667. The van der Waals surface area contributed by atoms with Crippen molar-refractivity contribution in [1.82, 2.24) is 0 Å². The molecule has 0 unspecified atom stereocenters. The Bertz CT molecular complexity index is 873. The molecule has 0 bridgehead atoms. The lowest BCUT2D eigenvalue weighted by Gasteiger charge is -2.15. The Morgan fingerprint density at radius 1 is 1.07 bits per heavy atom. The normalized spacial score (nSPS) is 11.2. The standard InChI is InChI=1S/C26H32O3/c1-19(2)9-8-10-20(3)13-16-23-25(29-4)17-22(24(18-27)26(23)28)15-14-21-11-6-5-7-12-21/h5-7,9,11-13,17-18,28H,8,10,14-16H2,1-4H3/b20-13+. The van der Waals surface area contributed by atoms with Crippen LogP contribution in [0, 0.1) is 0 Å². The van der Waals surface area contributed by atoms with Crippen LogP contribution in [0.4, 0.5) is 0 Å². The first-order valence-corrected chi connectivity index (χ1v) is 10.2. The second kappa shape index (κ2) is 11.3. The van der Waals surface area contributed by atoms with Crippen molar-refractivity contribution in [2.45, 2.75) is 52.9 Å². The molecule has 29 heavy (non-hydrogen) atoms. The van der Waals surface area contributed by atoms with Crippen LogP contribution in [0.1, 0.15) is 60.7 Å². The summed E-state index contributed by atoms with van der Waals surface area (Å²) in [6.07, 6.45) is 9.07. The molecule has 0 heterocycles. The van der Waals surface area contributed by atoms with E-state index in [2.05, 4.69) is 45.1 Å². The van der Waals surface area contributed by atoms with Gasteiger partial charge in [0.1, 0.15) is 11.5 Å². The number of carbonyl (C=O) groups is 1. The van der Waals surface area contributed by atoms with E-state index in [1.165, 1.54) is 16.7 Å². The van der Waals surface area contributed by atoms with E-state index in [0.717, 1.165) is 31.1 Å². The molecule has 0 spiro atoms. The third-order valence-corrected chi connectivity index (χ3v) is 5.10. The second-order valence-electron chi connectivity index (χ2n) is 7.66. The predicted octanol–water partition coefficient (Wildman–Crippen LogP) is 6.23. The van der Waals surface area contributed by atoms with Crippen molar-refractivity contribution in [3.05, 3.63) is 82.0 Å². The van der Waals surface area contributed by atoms with Crippen molar-refractivity contribution < 1.29 is 14.6 Å². The summed E-state index contributed by atoms with van der Waals surface area (Å²) in [6, 6.07) is 12.0. The van der Waals surface area contributed by atoms with Gasteiger partial charge in [0.2, 0.25) is 0 Å². The molecule has 3 heteroatoms. The largest absolute Gasteiger partial charge is 0.507 e. The summed E-state index contributed by atoms with van der Waals surface area (Å²) >= 11 is 0. The van der Waals surface area contributed by atoms with Crippen LogP contribution in [0.5, 0.6) is 11.5 Å². The van der Waals surface area contributed by atoms with E-state index in [4.69, 9.17) is 4.74 Å². The van der Waals surface area contributed by atoms with E-state index in [0.29, 0.717) is 29.7 Å². The first kappa shape index (κ1) is 22.5. The molecule has 2 aromatic rings. The fraction of sp³-hybridized carbons (Fsp3) is 0.346. The third-order valence-electron chi connectivity index (χ3n) is 5.10. The van der Waals surface area contributed by atoms with Crippen molar-refractivity contribution in [2.24, 2.45) is 0 Å². The minimum Gasteiger partial charge on any atom is -0.507 e. The molecule has 0 aliphatic carbocycles. The van der Waals surface area contributed by atoms with Crippen molar-refractivity contribution in [1.29, 1.82) is 0 Å². The number of aromatic hydroxyl groups is 1. The minimum atomic E-state index is 0.0377. The maximum absolute atomic E-state index is 11.7. The molecule has 2 rings (SSSR count). The Morgan fingerprint density at radius 3 is 2.41 bits per heavy atom. The van der Waals surface area contributed by atoms with E-state index >= 15 is 0 Å². The van der Waals surface area contributed by atoms with Gasteiger partial charge in [0.25, 0.3) is 0 Å². The highest BCUT2D eigenvalue weighted by molar-refractivity contribution is 5.83. The molecule has 3 nitrogen and oxygen atoms in total. The lowest BCUT2D eigenvalue weighted by atomic mass is 9.94. The SMILES string of the molecule is COc1cc(CCc2ccccc2)c(C=O)c(O)c1C/C=C(\C)CCC=C(C)C. The highest BCUT2D eigenvalue weighted by Crippen LogP contribution is 2.35. The van der Waals surface area contributed by atoms with Gasteiger partial charge in [-0.1, -0.05) is 53.6 Å². The van der Waals surface area contributed by atoms with E-state index in [1.807, 2.05) is 24.3 Å². The highest BCUT2D eigenvalue weighted by Gasteiger charge is 2.17. The number of hydrogen-bond donors (Lipinski definition) is 1. The van der Waals surface area contributed by atoms with E-state index in [9.17, 15) is 9.90 Å². The third kappa shape index (κ3) is 6.63. The summed E-state index contributed by atoms with van der Waals surface area (Å²) < 4.78 is 5.55. The summed E-state index contributed by atoms with van der Waals surface area (Å²) in [5.41, 5.74) is 5.61. The van der Waals surface area contributed by atoms with Gasteiger partial charge in [-0.3, -0.25) is 4.79 Å². The van der Waals surface area contributed by atoms with Crippen molar-refractivity contribution >= 4 is 6.29 Å². The molecular formula is C26H32O3. The number of aryl methyl sites for hydroxylation is 2. The van der Waals surface area contributed by atoms with Crippen LogP contribution >= 0.6 is 0 Å². The molecule has 0 radical (unpaired) electrons. The summed E-state index contributed by atoms with van der Waals surface area (Å²) in [6.45, 7) is 6.29. The molecule has 0 aliphatic rings. The lowest BCUT2D eigenvalue weighted by molar-refractivity contribution is 0.112. The van der Waals surface area contributed by atoms with Gasteiger partial charge >= 0.3 is 0 Å². The molecule has 154 valence electrons. The average molecular weight is 393 g/mol. The molecule has 1 N–H and O–H groups in total. The molecule has 2 aromatic carbocycles. The Kier molecular flexibility index (Phi) is 8.72. The smallest absolute Gasteiger partial charge is 0.154 e. The second-order valence-corrected chi connectivity index (χ2v) is 7.66. The van der Waals surface area contributed by atoms with Gasteiger partial charge in [-0.15, -0.1) is 0 Å². The molecule has 0 atom stereocenters. The van der Waals surface area contributed by atoms with E-state index in [-0.39, 0.29) is 5.75 Å². The molecule has 0 fully saturated rings. The Morgan fingerprint density at radius 2 is 1.79 bits per heavy atom. The number of aldehydes is 1. The van der Waals surface area contributed by atoms with Gasteiger partial charge in [-0.05, 0) is 70.1 Å². The predicted molar refractivity (Wildman–Crippen MR) is 120 cm³/mol. The van der Waals surface area contributed by atoms with Crippen molar-refractivity contribution in [3.63, 3.8) is 0 Å². The maximum atomic E-state index is 11.7. The molecule has 0 saturated heterocycles. The first-order chi connectivity index (χ1) is 14.0. The number of phenols is 1. The van der Waals surface area contributed by atoms with Crippen molar-refractivity contribution in [2.75, 3.05) is 7.11 Å². The Hall–Kier alpha value is -2.81. The van der Waals surface area contributed by atoms with Gasteiger partial charge in [-0.2, -0.15) is 0 Å². The van der Waals surface area contributed by atoms with Crippen LogP contribution in [0.15, 0.2) is 59.7 Å². The maximum Gasteiger partial charge on any atom is 0.154 e. The average Bonchev–Trinajstić information content (AvgIpc) is 2.71. The number of carbonyl (C=O) groups excluding carboxylic acids is 1. The van der Waals surface area contributed by atoms with E-state index < -0.39 is 0 Å². The van der Waals surface area contributed by atoms with Gasteiger partial charge in [0, 0.05) is 5.56 Å². The van der Waals surface area contributed by atoms with Crippen LogP contribution in [0.3, 0.4) is 0 Å². The number of allylic oxidation sites excluding steroid dienone is 4. The number of rotatable bonds is 10. The number of hydrogen-bond acceptors (Lipinski definition) is 3. The first-order valence-electron chi connectivity index (χ1n) is 10.2. The van der Waals surface area contributed by atoms with Crippen LogP contribution in [-0.2, 0) is 19.3 Å². The fourth-order valence-corrected chi connectivity index (χ4v) is 3.36. The van der Waals surface area contributed by atoms with Gasteiger partial charge in [0.05, 0.1) is 12.7 Å². The number of phenolic OH excluding ortho intramolecular Hbond substituents is 1. The zero-order valence-corrected chi connectivity index (χ0v) is 18.0. The Balaban J connectivity index is 2.22. The molecule has 0 saturated carbocycles. The molecular weight excluding hydrogens is 360 g/mol. The summed E-state index contributed by atoms with van der Waals surface area (Å²) in [4.78, 5) is 11.7. The van der Waals surface area contributed by atoms with Crippen LogP contribution < -0.4 is 4.74 Å². The van der Waals surface area contributed by atoms with Crippen LogP contribution in [0.25, 0.3) is 0 Å². The zero-order chi connectivity index (χ0) is 21.2. The highest BCUT2D eigenvalue weighted by atomic mass is 16.5. The topological polar surface area (TPSA) is 46.5 Å². The molecule has 0 aromatic heterocycles. The quantitative estimate of drug-likeness (QED) is 0.385. The minimum absolute atomic E-state index is 0.0377. The molecule has 0 amide bonds.